The van der Waals surface area contributed by atoms with E-state index < -0.39 is 57.2 Å². The molecule has 0 aliphatic carbocycles. The van der Waals surface area contributed by atoms with E-state index in [1.54, 1.807) is 0 Å². The van der Waals surface area contributed by atoms with Gasteiger partial charge in [0.05, 0.1) is 6.85 Å². The third kappa shape index (κ3) is 2.75. The molecular weight excluding hydrogens is 245 g/mol. The molecule has 0 radical (unpaired) electrons. The molecule has 0 heterocycles. The van der Waals surface area contributed by atoms with E-state index in [1.807, 2.05) is 0 Å². The van der Waals surface area contributed by atoms with Crippen LogP contribution < -0.4 is 0 Å². The number of benzene rings is 1. The van der Waals surface area contributed by atoms with Crippen molar-refractivity contribution in [1.29, 1.82) is 0 Å². The standard InChI is InChI=1S/C9H7F3O3S/c1-7(8-5-3-2-4-6-8)15-16(13,14)9(10,11)12/h2-6H,1H2/i2D,3D,4D,5D,6D. The second kappa shape index (κ2) is 4.17. The molecule has 0 aliphatic heterocycles. The van der Waals surface area contributed by atoms with Crippen molar-refractivity contribution in [3.63, 3.8) is 0 Å². The van der Waals surface area contributed by atoms with E-state index in [4.69, 9.17) is 6.85 Å². The fraction of sp³-hybridized carbons (Fsp3) is 0.111. The minimum absolute atomic E-state index is 0.791. The fourth-order valence-corrected chi connectivity index (χ4v) is 1.05. The first-order chi connectivity index (χ1) is 9.31. The van der Waals surface area contributed by atoms with E-state index in [0.29, 0.717) is 0 Å². The van der Waals surface area contributed by atoms with Gasteiger partial charge in [-0.25, -0.2) is 0 Å². The first kappa shape index (κ1) is 6.95. The van der Waals surface area contributed by atoms with Gasteiger partial charge in [0.2, 0.25) is 0 Å². The molecular formula is C9H7F3O3S. The molecule has 0 bridgehead atoms. The number of alkyl halides is 3. The summed E-state index contributed by atoms with van der Waals surface area (Å²) in [5.74, 6) is -1.22. The molecule has 16 heavy (non-hydrogen) atoms. The van der Waals surface area contributed by atoms with Crippen LogP contribution >= 0.6 is 0 Å². The molecule has 0 N–H and O–H groups in total. The van der Waals surface area contributed by atoms with Gasteiger partial charge < -0.3 is 4.18 Å². The van der Waals surface area contributed by atoms with E-state index in [2.05, 4.69) is 10.8 Å². The Labute approximate surface area is 97.3 Å². The van der Waals surface area contributed by atoms with Crippen LogP contribution in [0.15, 0.2) is 36.8 Å². The van der Waals surface area contributed by atoms with Gasteiger partial charge >= 0.3 is 15.6 Å². The van der Waals surface area contributed by atoms with E-state index in [1.165, 1.54) is 0 Å². The van der Waals surface area contributed by atoms with Gasteiger partial charge in [0.15, 0.2) is 0 Å². The highest BCUT2D eigenvalue weighted by Gasteiger charge is 2.48. The van der Waals surface area contributed by atoms with E-state index >= 15 is 0 Å². The molecule has 0 fully saturated rings. The minimum Gasteiger partial charge on any atom is -0.376 e. The van der Waals surface area contributed by atoms with Crippen LogP contribution in [0.4, 0.5) is 13.2 Å². The molecule has 88 valence electrons. The third-order valence-electron chi connectivity index (χ3n) is 1.27. The predicted octanol–water partition coefficient (Wildman–Crippen LogP) is 2.52. The Hall–Kier alpha value is -1.50. The van der Waals surface area contributed by atoms with Crippen LogP contribution in [0.25, 0.3) is 5.76 Å². The van der Waals surface area contributed by atoms with Crippen molar-refractivity contribution >= 4 is 15.9 Å². The van der Waals surface area contributed by atoms with E-state index in [9.17, 15) is 21.6 Å². The summed E-state index contributed by atoms with van der Waals surface area (Å²) in [5, 5.41) is 0. The number of hydrogen-bond acceptors (Lipinski definition) is 3. The molecule has 3 nitrogen and oxygen atoms in total. The summed E-state index contributed by atoms with van der Waals surface area (Å²) in [6.45, 7) is 2.89. The summed E-state index contributed by atoms with van der Waals surface area (Å²) in [6.07, 6.45) is 0. The maximum atomic E-state index is 12.2. The molecule has 1 aromatic carbocycles. The van der Waals surface area contributed by atoms with E-state index in [-0.39, 0.29) is 0 Å². The van der Waals surface area contributed by atoms with Crippen LogP contribution in [0.1, 0.15) is 12.4 Å². The maximum Gasteiger partial charge on any atom is 0.534 e. The summed E-state index contributed by atoms with van der Waals surface area (Å²) in [5.41, 5.74) is -6.60. The van der Waals surface area contributed by atoms with Gasteiger partial charge in [-0.2, -0.15) is 21.6 Å². The fourth-order valence-electron chi connectivity index (χ4n) is 0.611. The molecule has 0 amide bonds. The lowest BCUT2D eigenvalue weighted by molar-refractivity contribution is -0.0509. The lowest BCUT2D eigenvalue weighted by atomic mass is 10.2. The Balaban J connectivity index is 3.41. The topological polar surface area (TPSA) is 43.4 Å². The number of halogens is 3. The lowest BCUT2D eigenvalue weighted by Gasteiger charge is -2.11. The lowest BCUT2D eigenvalue weighted by Crippen LogP contribution is -2.24. The number of hydrogen-bond donors (Lipinski definition) is 0. The van der Waals surface area contributed by atoms with Crippen molar-refractivity contribution in [3.8, 4) is 0 Å². The molecule has 0 unspecified atom stereocenters. The maximum absolute atomic E-state index is 12.2. The highest BCUT2D eigenvalue weighted by Crippen LogP contribution is 2.28. The van der Waals surface area contributed by atoms with Crippen LogP contribution in [-0.2, 0) is 14.3 Å². The van der Waals surface area contributed by atoms with Crippen LogP contribution in [-0.4, -0.2) is 13.9 Å². The van der Waals surface area contributed by atoms with Crippen molar-refractivity contribution in [2.45, 2.75) is 5.51 Å². The van der Waals surface area contributed by atoms with Crippen molar-refractivity contribution in [2.24, 2.45) is 0 Å². The summed E-state index contributed by atoms with van der Waals surface area (Å²) < 4.78 is 98.7. The van der Waals surface area contributed by atoms with Crippen molar-refractivity contribution in [2.75, 3.05) is 0 Å². The highest BCUT2D eigenvalue weighted by atomic mass is 32.2. The summed E-state index contributed by atoms with van der Waals surface area (Å²) in [4.78, 5) is 0. The Bertz CT molecular complexity index is 685. The zero-order valence-corrected chi connectivity index (χ0v) is 8.29. The Morgan fingerprint density at radius 3 is 2.25 bits per heavy atom. The molecule has 0 aliphatic rings. The van der Waals surface area contributed by atoms with Crippen molar-refractivity contribution in [1.82, 2.24) is 0 Å². The van der Waals surface area contributed by atoms with Gasteiger partial charge in [0.25, 0.3) is 0 Å². The van der Waals surface area contributed by atoms with Crippen molar-refractivity contribution < 1.29 is 32.6 Å². The summed E-state index contributed by atoms with van der Waals surface area (Å²) >= 11 is 0. The Morgan fingerprint density at radius 1 is 1.31 bits per heavy atom. The Kier molecular flexibility index (Phi) is 1.81. The minimum atomic E-state index is -6.05. The molecule has 0 saturated carbocycles. The smallest absolute Gasteiger partial charge is 0.376 e. The Morgan fingerprint density at radius 2 is 1.81 bits per heavy atom. The molecule has 0 aromatic heterocycles. The quantitative estimate of drug-likeness (QED) is 0.475. The molecule has 1 aromatic rings. The summed E-state index contributed by atoms with van der Waals surface area (Å²) in [7, 11) is -6.05. The van der Waals surface area contributed by atoms with Gasteiger partial charge in [-0.05, 0) is 0 Å². The van der Waals surface area contributed by atoms with Crippen molar-refractivity contribution in [3.05, 3.63) is 42.4 Å². The molecule has 1 rings (SSSR count). The third-order valence-corrected chi connectivity index (χ3v) is 2.26. The second-order valence-electron chi connectivity index (χ2n) is 2.41. The zero-order chi connectivity index (χ0) is 16.7. The largest absolute Gasteiger partial charge is 0.534 e. The zero-order valence-electron chi connectivity index (χ0n) is 12.5. The molecule has 0 saturated heterocycles. The number of rotatable bonds is 3. The average molecular weight is 257 g/mol. The summed E-state index contributed by atoms with van der Waals surface area (Å²) in [6, 6.07) is -4.37. The first-order valence-electron chi connectivity index (χ1n) is 6.08. The predicted molar refractivity (Wildman–Crippen MR) is 51.5 cm³/mol. The van der Waals surface area contributed by atoms with Crippen LogP contribution in [0, 0.1) is 0 Å². The van der Waals surface area contributed by atoms with Gasteiger partial charge in [-0.15, -0.1) is 0 Å². The van der Waals surface area contributed by atoms with Gasteiger partial charge in [-0.3, -0.25) is 0 Å². The first-order valence-corrected chi connectivity index (χ1v) is 4.99. The van der Waals surface area contributed by atoms with Gasteiger partial charge in [0, 0.05) is 5.56 Å². The van der Waals surface area contributed by atoms with Gasteiger partial charge in [-0.1, -0.05) is 36.8 Å². The van der Waals surface area contributed by atoms with Crippen LogP contribution in [0.5, 0.6) is 0 Å². The monoisotopic (exact) mass is 257 g/mol. The van der Waals surface area contributed by atoms with Gasteiger partial charge in [0.1, 0.15) is 5.76 Å². The average Bonchev–Trinajstić information content (AvgIpc) is 2.32. The molecule has 7 heteroatoms. The second-order valence-corrected chi connectivity index (χ2v) is 3.94. The molecule has 0 spiro atoms. The highest BCUT2D eigenvalue weighted by molar-refractivity contribution is 7.87. The van der Waals surface area contributed by atoms with Crippen LogP contribution in [0.2, 0.25) is 0 Å². The SMILES string of the molecule is [2H]c1c([2H])c([2H])c(C(=C)OS(=O)(=O)C(F)(F)F)c([2H])c1[2H]. The van der Waals surface area contributed by atoms with E-state index in [0.717, 1.165) is 0 Å². The normalized spacial score (nSPS) is 16.6. The molecule has 0 atom stereocenters. The van der Waals surface area contributed by atoms with Crippen LogP contribution in [0.3, 0.4) is 0 Å².